The summed E-state index contributed by atoms with van der Waals surface area (Å²) in [5.41, 5.74) is 0.382. The fourth-order valence-electron chi connectivity index (χ4n) is 3.44. The molecule has 0 amide bonds. The summed E-state index contributed by atoms with van der Waals surface area (Å²) in [4.78, 5) is 0. The standard InChI is InChI=1S/C17H32O2/c1-7-18-17(6,19-8-2)13-11-15-14(3)10-9-12-16(15,4)5/h11,13-15H,7-10,12H2,1-6H3. The second-order valence-corrected chi connectivity index (χ2v) is 6.62. The normalized spacial score (nSPS) is 27.9. The first-order valence-corrected chi connectivity index (χ1v) is 7.82. The Morgan fingerprint density at radius 2 is 1.79 bits per heavy atom. The van der Waals surface area contributed by atoms with Gasteiger partial charge in [-0.15, -0.1) is 0 Å². The van der Waals surface area contributed by atoms with Gasteiger partial charge in [-0.2, -0.15) is 0 Å². The van der Waals surface area contributed by atoms with Crippen molar-refractivity contribution in [2.45, 2.75) is 66.6 Å². The van der Waals surface area contributed by atoms with Crippen LogP contribution in [-0.2, 0) is 9.47 Å². The van der Waals surface area contributed by atoms with Crippen LogP contribution >= 0.6 is 0 Å². The Bertz CT molecular complexity index is 288. The van der Waals surface area contributed by atoms with E-state index < -0.39 is 5.79 Å². The predicted octanol–water partition coefficient (Wildman–Crippen LogP) is 4.79. The molecule has 2 nitrogen and oxygen atoms in total. The van der Waals surface area contributed by atoms with Gasteiger partial charge in [0, 0.05) is 13.2 Å². The molecular weight excluding hydrogens is 236 g/mol. The van der Waals surface area contributed by atoms with E-state index in [0.717, 1.165) is 5.92 Å². The van der Waals surface area contributed by atoms with Gasteiger partial charge in [-0.25, -0.2) is 0 Å². The van der Waals surface area contributed by atoms with Crippen molar-refractivity contribution >= 4 is 0 Å². The quantitative estimate of drug-likeness (QED) is 0.509. The smallest absolute Gasteiger partial charge is 0.184 e. The van der Waals surface area contributed by atoms with E-state index in [2.05, 4.69) is 32.9 Å². The predicted molar refractivity (Wildman–Crippen MR) is 81.1 cm³/mol. The highest BCUT2D eigenvalue weighted by molar-refractivity contribution is 5.04. The van der Waals surface area contributed by atoms with Crippen LogP contribution < -0.4 is 0 Å². The summed E-state index contributed by atoms with van der Waals surface area (Å²) in [5.74, 6) is 0.783. The topological polar surface area (TPSA) is 18.5 Å². The molecule has 19 heavy (non-hydrogen) atoms. The largest absolute Gasteiger partial charge is 0.347 e. The Hall–Kier alpha value is -0.340. The third-order valence-corrected chi connectivity index (χ3v) is 4.46. The second-order valence-electron chi connectivity index (χ2n) is 6.62. The van der Waals surface area contributed by atoms with E-state index in [0.29, 0.717) is 24.5 Å². The molecule has 0 N–H and O–H groups in total. The van der Waals surface area contributed by atoms with E-state index in [1.807, 2.05) is 20.8 Å². The fourth-order valence-corrected chi connectivity index (χ4v) is 3.44. The SMILES string of the molecule is CCOC(C)(C=CC1C(C)CCCC1(C)C)OCC. The Morgan fingerprint density at radius 1 is 1.21 bits per heavy atom. The lowest BCUT2D eigenvalue weighted by molar-refractivity contribution is -0.186. The lowest BCUT2D eigenvalue weighted by Crippen LogP contribution is -2.34. The van der Waals surface area contributed by atoms with Gasteiger partial charge >= 0.3 is 0 Å². The molecule has 0 spiro atoms. The summed E-state index contributed by atoms with van der Waals surface area (Å²) in [6, 6.07) is 0. The third kappa shape index (κ3) is 4.61. The minimum Gasteiger partial charge on any atom is -0.347 e. The third-order valence-electron chi connectivity index (χ3n) is 4.46. The van der Waals surface area contributed by atoms with Crippen LogP contribution in [0.1, 0.15) is 60.8 Å². The zero-order valence-electron chi connectivity index (χ0n) is 13.7. The summed E-state index contributed by atoms with van der Waals surface area (Å²) in [6.07, 6.45) is 8.47. The highest BCUT2D eigenvalue weighted by Crippen LogP contribution is 2.44. The molecule has 0 heterocycles. The van der Waals surface area contributed by atoms with Gasteiger partial charge in [-0.1, -0.05) is 39.7 Å². The second kappa shape index (κ2) is 6.90. The van der Waals surface area contributed by atoms with Crippen molar-refractivity contribution in [2.75, 3.05) is 13.2 Å². The molecule has 0 radical (unpaired) electrons. The zero-order chi connectivity index (χ0) is 14.5. The van der Waals surface area contributed by atoms with Gasteiger partial charge in [0.2, 0.25) is 0 Å². The molecule has 112 valence electrons. The number of rotatable bonds is 6. The van der Waals surface area contributed by atoms with E-state index in [9.17, 15) is 0 Å². The van der Waals surface area contributed by atoms with Crippen molar-refractivity contribution in [3.8, 4) is 0 Å². The number of ether oxygens (including phenoxy) is 2. The molecule has 2 heteroatoms. The van der Waals surface area contributed by atoms with E-state index in [1.54, 1.807) is 0 Å². The maximum Gasteiger partial charge on any atom is 0.184 e. The van der Waals surface area contributed by atoms with Crippen LogP contribution in [0.15, 0.2) is 12.2 Å². The summed E-state index contributed by atoms with van der Waals surface area (Å²) in [7, 11) is 0. The van der Waals surface area contributed by atoms with Crippen molar-refractivity contribution in [3.05, 3.63) is 12.2 Å². The van der Waals surface area contributed by atoms with Crippen molar-refractivity contribution in [3.63, 3.8) is 0 Å². The van der Waals surface area contributed by atoms with Crippen LogP contribution in [0.2, 0.25) is 0 Å². The van der Waals surface area contributed by atoms with E-state index in [4.69, 9.17) is 9.47 Å². The van der Waals surface area contributed by atoms with Crippen molar-refractivity contribution in [1.29, 1.82) is 0 Å². The van der Waals surface area contributed by atoms with Crippen LogP contribution in [0.25, 0.3) is 0 Å². The van der Waals surface area contributed by atoms with Crippen LogP contribution in [0, 0.1) is 17.3 Å². The summed E-state index contributed by atoms with van der Waals surface area (Å²) in [5, 5.41) is 0. The number of hydrogen-bond donors (Lipinski definition) is 0. The maximum atomic E-state index is 5.76. The molecule has 0 aliphatic heterocycles. The molecule has 0 saturated heterocycles. The van der Waals surface area contributed by atoms with E-state index in [-0.39, 0.29) is 0 Å². The lowest BCUT2D eigenvalue weighted by atomic mass is 9.64. The number of allylic oxidation sites excluding steroid dienone is 1. The summed E-state index contributed by atoms with van der Waals surface area (Å²) < 4.78 is 11.5. The van der Waals surface area contributed by atoms with Gasteiger partial charge in [0.1, 0.15) is 0 Å². The summed E-state index contributed by atoms with van der Waals surface area (Å²) >= 11 is 0. The van der Waals surface area contributed by atoms with Gasteiger partial charge in [0.15, 0.2) is 5.79 Å². The summed E-state index contributed by atoms with van der Waals surface area (Å²) in [6.45, 7) is 14.5. The first-order valence-electron chi connectivity index (χ1n) is 7.82. The molecule has 1 saturated carbocycles. The molecule has 0 aromatic rings. The lowest BCUT2D eigenvalue weighted by Gasteiger charge is -2.42. The van der Waals surface area contributed by atoms with Crippen molar-refractivity contribution in [1.82, 2.24) is 0 Å². The molecule has 1 aliphatic rings. The van der Waals surface area contributed by atoms with Gasteiger partial charge < -0.3 is 9.47 Å². The highest BCUT2D eigenvalue weighted by atomic mass is 16.7. The number of hydrogen-bond acceptors (Lipinski definition) is 2. The Kier molecular flexibility index (Phi) is 6.07. The van der Waals surface area contributed by atoms with Crippen LogP contribution in [0.5, 0.6) is 0 Å². The minimum absolute atomic E-state index is 0.382. The first-order chi connectivity index (χ1) is 8.84. The minimum atomic E-state index is -0.573. The van der Waals surface area contributed by atoms with Crippen LogP contribution in [-0.4, -0.2) is 19.0 Å². The Balaban J connectivity index is 2.81. The molecule has 1 fully saturated rings. The van der Waals surface area contributed by atoms with Crippen LogP contribution in [0.3, 0.4) is 0 Å². The monoisotopic (exact) mass is 268 g/mol. The van der Waals surface area contributed by atoms with Gasteiger partial charge in [0.05, 0.1) is 0 Å². The fraction of sp³-hybridized carbons (Fsp3) is 0.882. The van der Waals surface area contributed by atoms with E-state index >= 15 is 0 Å². The molecule has 0 aromatic carbocycles. The Labute approximate surface area is 119 Å². The Morgan fingerprint density at radius 3 is 2.26 bits per heavy atom. The van der Waals surface area contributed by atoms with Gasteiger partial charge in [-0.05, 0) is 50.5 Å². The molecule has 2 atom stereocenters. The average molecular weight is 268 g/mol. The van der Waals surface area contributed by atoms with Crippen molar-refractivity contribution < 1.29 is 9.47 Å². The van der Waals surface area contributed by atoms with Crippen molar-refractivity contribution in [2.24, 2.45) is 17.3 Å². The molecule has 0 aromatic heterocycles. The molecule has 2 unspecified atom stereocenters. The van der Waals surface area contributed by atoms with E-state index in [1.165, 1.54) is 19.3 Å². The maximum absolute atomic E-state index is 5.76. The molecule has 1 aliphatic carbocycles. The van der Waals surface area contributed by atoms with Gasteiger partial charge in [-0.3, -0.25) is 0 Å². The zero-order valence-corrected chi connectivity index (χ0v) is 13.7. The first kappa shape index (κ1) is 16.7. The molecule has 0 bridgehead atoms. The highest BCUT2D eigenvalue weighted by Gasteiger charge is 2.35. The molecular formula is C17H32O2. The molecule has 1 rings (SSSR count). The van der Waals surface area contributed by atoms with Gasteiger partial charge in [0.25, 0.3) is 0 Å². The average Bonchev–Trinajstić information content (AvgIpc) is 2.28. The van der Waals surface area contributed by atoms with Crippen LogP contribution in [0.4, 0.5) is 0 Å².